The van der Waals surface area contributed by atoms with Crippen molar-refractivity contribution in [3.63, 3.8) is 0 Å². The van der Waals surface area contributed by atoms with Crippen LogP contribution in [-0.2, 0) is 43.2 Å². The largest absolute Gasteiger partial charge is 1.00 e. The van der Waals surface area contributed by atoms with Crippen molar-refractivity contribution in [2.45, 2.75) is 0 Å². The second-order valence-corrected chi connectivity index (χ2v) is 2.57. The van der Waals surface area contributed by atoms with Gasteiger partial charge in [-0.2, -0.15) is 8.42 Å². The Bertz CT molecular complexity index is 213. The van der Waals surface area contributed by atoms with Crippen LogP contribution in [0.25, 0.3) is 0 Å². The summed E-state index contributed by atoms with van der Waals surface area (Å²) in [4.78, 5) is 0. The summed E-state index contributed by atoms with van der Waals surface area (Å²) in [7, 11) is -9.83. The van der Waals surface area contributed by atoms with Crippen molar-refractivity contribution in [2.24, 2.45) is 0 Å². The Morgan fingerprint density at radius 2 is 0.917 bits per heavy atom. The van der Waals surface area contributed by atoms with Crippen molar-refractivity contribution in [1.82, 2.24) is 0 Å². The molecule has 0 aliphatic rings. The molecule has 74 valence electrons. The van der Waals surface area contributed by atoms with Gasteiger partial charge in [-0.05, 0) is 0 Å². The molecule has 12 heteroatoms. The zero-order valence-corrected chi connectivity index (χ0v) is 10.6. The Labute approximate surface area is 107 Å². The molecule has 0 aromatic carbocycles. The second-order valence-electron chi connectivity index (χ2n) is 0.856. The summed E-state index contributed by atoms with van der Waals surface area (Å²) in [5.74, 6) is 0. The molecule has 8 nitrogen and oxygen atoms in total. The van der Waals surface area contributed by atoms with Crippen LogP contribution in [0.3, 0.4) is 0 Å². The van der Waals surface area contributed by atoms with E-state index in [2.05, 4.69) is 0 Å². The standard InChI is InChI=1S/Ag.Na.2H2O4S/c;;2*1-5(2,3)4/h;;2*(H2,1,2,3,4)/q2*+1;;/p-2. The Balaban J connectivity index is -0.0000000457. The summed E-state index contributed by atoms with van der Waals surface area (Å²) in [5.41, 5.74) is 0. The molecule has 0 heterocycles. The molecule has 0 atom stereocenters. The van der Waals surface area contributed by atoms with Crippen LogP contribution in [0, 0.1) is 0 Å². The van der Waals surface area contributed by atoms with E-state index < -0.39 is 20.8 Å². The molecule has 12 heavy (non-hydrogen) atoms. The van der Waals surface area contributed by atoms with E-state index in [9.17, 15) is 0 Å². The summed E-state index contributed by atoms with van der Waals surface area (Å²) in [6, 6.07) is 0. The Kier molecular flexibility index (Phi) is 17.6. The van der Waals surface area contributed by atoms with E-state index in [0.717, 1.165) is 0 Å². The van der Waals surface area contributed by atoms with Gasteiger partial charge in [0.1, 0.15) is 0 Å². The number of hydrogen-bond acceptors (Lipinski definition) is 6. The van der Waals surface area contributed by atoms with Crippen LogP contribution in [0.4, 0.5) is 0 Å². The van der Waals surface area contributed by atoms with E-state index in [-0.39, 0.29) is 51.9 Å². The van der Waals surface area contributed by atoms with Gasteiger partial charge in [-0.25, -0.2) is 0 Å². The predicted molar refractivity (Wildman–Crippen MR) is 24.7 cm³/mol. The van der Waals surface area contributed by atoms with Crippen molar-refractivity contribution in [3.8, 4) is 0 Å². The van der Waals surface area contributed by atoms with E-state index in [1.165, 1.54) is 0 Å². The molecule has 0 unspecified atom stereocenters. The smallest absolute Gasteiger partial charge is 0.759 e. The van der Waals surface area contributed by atoms with Gasteiger partial charge < -0.3 is 9.11 Å². The van der Waals surface area contributed by atoms with E-state index in [1.54, 1.807) is 0 Å². The number of rotatable bonds is 0. The van der Waals surface area contributed by atoms with E-state index in [4.69, 9.17) is 35.0 Å². The zero-order chi connectivity index (χ0) is 9.00. The van der Waals surface area contributed by atoms with Gasteiger partial charge >= 0.3 is 62.3 Å². The molecule has 0 amide bonds. The molecule has 0 rings (SSSR count). The van der Waals surface area contributed by atoms with Crippen molar-refractivity contribution in [2.75, 3.05) is 0 Å². The molecule has 0 aromatic heterocycles. The molecule has 0 bridgehead atoms. The van der Waals surface area contributed by atoms with Gasteiger partial charge in [0.2, 0.25) is 0 Å². The SMILES string of the molecule is O=S(=O)(O)O.O=S(=O)([O-])[O-].[Ag+].[Na+]. The molecule has 0 radical (unpaired) electrons. The van der Waals surface area contributed by atoms with Crippen LogP contribution < -0.4 is 29.6 Å². The van der Waals surface area contributed by atoms with Crippen LogP contribution in [0.2, 0.25) is 0 Å². The minimum absolute atomic E-state index is 0. The maximum Gasteiger partial charge on any atom is 1.00 e. The molecule has 0 saturated heterocycles. The Morgan fingerprint density at radius 3 is 0.917 bits per heavy atom. The minimum Gasteiger partial charge on any atom is -0.759 e. The van der Waals surface area contributed by atoms with Gasteiger partial charge in [-0.1, -0.05) is 0 Å². The summed E-state index contributed by atoms with van der Waals surface area (Å²) in [5, 5.41) is 0. The first-order valence-corrected chi connectivity index (χ1v) is 4.10. The molecule has 0 aliphatic heterocycles. The minimum atomic E-state index is -5.17. The van der Waals surface area contributed by atoms with Gasteiger partial charge in [0, 0.05) is 10.4 Å². The van der Waals surface area contributed by atoms with Crippen molar-refractivity contribution in [1.29, 1.82) is 0 Å². The summed E-state index contributed by atoms with van der Waals surface area (Å²) < 4.78 is 65.7. The maximum atomic E-state index is 8.74. The van der Waals surface area contributed by atoms with Crippen LogP contribution in [0.15, 0.2) is 0 Å². The first-order valence-electron chi connectivity index (χ1n) is 1.37. The fourth-order valence-corrected chi connectivity index (χ4v) is 0. The summed E-state index contributed by atoms with van der Waals surface area (Å²) in [6.07, 6.45) is 0. The third-order valence-electron chi connectivity index (χ3n) is 0. The van der Waals surface area contributed by atoms with E-state index >= 15 is 0 Å². The molecular weight excluding hydrogens is 323 g/mol. The summed E-state index contributed by atoms with van der Waals surface area (Å²) in [6.45, 7) is 0. The molecule has 0 spiro atoms. The van der Waals surface area contributed by atoms with Gasteiger partial charge in [0.05, 0.1) is 0 Å². The second kappa shape index (κ2) is 9.05. The summed E-state index contributed by atoms with van der Waals surface area (Å²) >= 11 is 0. The van der Waals surface area contributed by atoms with Crippen molar-refractivity contribution < 1.29 is 87.0 Å². The molecule has 0 saturated carbocycles. The van der Waals surface area contributed by atoms with Gasteiger partial charge in [-0.3, -0.25) is 17.5 Å². The quantitative estimate of drug-likeness (QED) is 0.255. The van der Waals surface area contributed by atoms with E-state index in [1.807, 2.05) is 0 Å². The maximum absolute atomic E-state index is 8.74. The normalized spacial score (nSPS) is 9.67. The molecule has 0 aliphatic carbocycles. The van der Waals surface area contributed by atoms with Crippen LogP contribution >= 0.6 is 0 Å². The fraction of sp³-hybridized carbons (Fsp3) is 0. The monoisotopic (exact) mass is 324 g/mol. The average Bonchev–Trinajstić information content (AvgIpc) is 1.12. The van der Waals surface area contributed by atoms with Gasteiger partial charge in [0.15, 0.2) is 0 Å². The van der Waals surface area contributed by atoms with Crippen LogP contribution in [0.1, 0.15) is 0 Å². The first kappa shape index (κ1) is 23.4. The zero-order valence-electron chi connectivity index (χ0n) is 5.46. The Hall–Kier alpha value is 1.48. The topological polar surface area (TPSA) is 155 Å². The van der Waals surface area contributed by atoms with Crippen molar-refractivity contribution in [3.05, 3.63) is 0 Å². The molecular formula is H2AgNaO8S2. The molecule has 2 N–H and O–H groups in total. The molecule has 0 aromatic rings. The van der Waals surface area contributed by atoms with E-state index in [0.29, 0.717) is 0 Å². The third-order valence-corrected chi connectivity index (χ3v) is 0. The fourth-order valence-electron chi connectivity index (χ4n) is 0. The average molecular weight is 325 g/mol. The third kappa shape index (κ3) is 575. The Morgan fingerprint density at radius 1 is 0.917 bits per heavy atom. The van der Waals surface area contributed by atoms with Gasteiger partial charge in [-0.15, -0.1) is 0 Å². The molecule has 0 fully saturated rings. The number of hydrogen-bond donors (Lipinski definition) is 2. The first-order chi connectivity index (χ1) is 4.00. The van der Waals surface area contributed by atoms with Crippen molar-refractivity contribution >= 4 is 20.8 Å². The van der Waals surface area contributed by atoms with Crippen LogP contribution in [0.5, 0.6) is 0 Å². The van der Waals surface area contributed by atoms with Crippen LogP contribution in [-0.4, -0.2) is 35.0 Å². The predicted octanol–water partition coefficient (Wildman–Crippen LogP) is -4.99. The van der Waals surface area contributed by atoms with Gasteiger partial charge in [0.25, 0.3) is 0 Å².